The maximum atomic E-state index is 14.6. The Labute approximate surface area is 236 Å². The summed E-state index contributed by atoms with van der Waals surface area (Å²) in [6, 6.07) is 8.69. The van der Waals surface area contributed by atoms with Crippen LogP contribution in [-0.4, -0.2) is 30.9 Å². The number of aromatic nitrogens is 5. The molecule has 3 heterocycles. The molecule has 0 radical (unpaired) electrons. The van der Waals surface area contributed by atoms with Gasteiger partial charge in [-0.1, -0.05) is 12.1 Å². The quantitative estimate of drug-likeness (QED) is 0.221. The van der Waals surface area contributed by atoms with E-state index in [9.17, 15) is 31.1 Å². The van der Waals surface area contributed by atoms with E-state index in [0.717, 1.165) is 21.0 Å². The Bertz CT molecular complexity index is 1620. The minimum atomic E-state index is -5.00. The maximum absolute atomic E-state index is 14.6. The summed E-state index contributed by atoms with van der Waals surface area (Å²) in [5.74, 6) is -1.25. The Hall–Kier alpha value is -4.16. The van der Waals surface area contributed by atoms with Crippen LogP contribution in [0.2, 0.25) is 0 Å². The molecule has 0 unspecified atom stereocenters. The standard InChI is InChI=1S/C29H27F6N5O2/c1-16-5-3-6-21(30)25(16)18-10-8-17(9-11-18)19-13-22(20-14-37-39(2)26(20)27(31)32)38-40(28(19)41)15-23-24(7-4-12-36-23)42-29(33,34)35/h3-7,12-14,17-18,27H,8-11,15H2,1-2H3. The Balaban J connectivity index is 1.55. The molecular weight excluding hydrogens is 564 g/mol. The van der Waals surface area contributed by atoms with Crippen molar-refractivity contribution in [2.45, 2.75) is 63.8 Å². The summed E-state index contributed by atoms with van der Waals surface area (Å²) in [5, 5.41) is 8.19. The molecule has 42 heavy (non-hydrogen) atoms. The number of benzene rings is 1. The average Bonchev–Trinajstić information content (AvgIpc) is 3.32. The van der Waals surface area contributed by atoms with Gasteiger partial charge < -0.3 is 4.74 Å². The molecule has 0 saturated heterocycles. The smallest absolute Gasteiger partial charge is 0.404 e. The fourth-order valence-electron chi connectivity index (χ4n) is 5.75. The van der Waals surface area contributed by atoms with E-state index >= 15 is 0 Å². The second kappa shape index (κ2) is 11.6. The molecular formula is C29H27F6N5O2. The summed E-state index contributed by atoms with van der Waals surface area (Å²) in [6.45, 7) is 1.35. The Kier molecular flexibility index (Phi) is 8.11. The molecule has 4 aromatic rings. The molecule has 0 amide bonds. The Morgan fingerprint density at radius 1 is 1.07 bits per heavy atom. The molecule has 0 aliphatic heterocycles. The number of aryl methyl sites for hydroxylation is 2. The molecule has 13 heteroatoms. The van der Waals surface area contributed by atoms with Gasteiger partial charge in [-0.3, -0.25) is 14.5 Å². The molecule has 1 aliphatic rings. The second-order valence-corrected chi connectivity index (χ2v) is 10.3. The third-order valence-electron chi connectivity index (χ3n) is 7.69. The molecule has 0 atom stereocenters. The first-order valence-electron chi connectivity index (χ1n) is 13.3. The van der Waals surface area contributed by atoms with Gasteiger partial charge in [-0.2, -0.15) is 10.2 Å². The summed E-state index contributed by atoms with van der Waals surface area (Å²) in [5.41, 5.74) is 0.559. The zero-order chi connectivity index (χ0) is 30.2. The van der Waals surface area contributed by atoms with Gasteiger partial charge in [0.15, 0.2) is 5.75 Å². The van der Waals surface area contributed by atoms with Crippen LogP contribution < -0.4 is 10.3 Å². The highest BCUT2D eigenvalue weighted by molar-refractivity contribution is 5.62. The molecule has 0 N–H and O–H groups in total. The summed E-state index contributed by atoms with van der Waals surface area (Å²) in [7, 11) is 1.35. The number of hydrogen-bond acceptors (Lipinski definition) is 5. The first-order chi connectivity index (χ1) is 19.9. The van der Waals surface area contributed by atoms with Gasteiger partial charge >= 0.3 is 6.36 Å². The van der Waals surface area contributed by atoms with Crippen LogP contribution in [0.3, 0.4) is 0 Å². The predicted octanol–water partition coefficient (Wildman–Crippen LogP) is 6.81. The van der Waals surface area contributed by atoms with E-state index in [1.165, 1.54) is 37.6 Å². The van der Waals surface area contributed by atoms with Gasteiger partial charge in [0.1, 0.15) is 17.2 Å². The average molecular weight is 592 g/mol. The molecule has 0 bridgehead atoms. The number of hydrogen-bond donors (Lipinski definition) is 0. The van der Waals surface area contributed by atoms with Crippen LogP contribution in [0, 0.1) is 12.7 Å². The normalized spacial score (nSPS) is 17.5. The lowest BCUT2D eigenvalue weighted by Gasteiger charge is -2.30. The van der Waals surface area contributed by atoms with Gasteiger partial charge in [0.05, 0.1) is 18.4 Å². The van der Waals surface area contributed by atoms with Crippen molar-refractivity contribution in [3.05, 3.63) is 93.0 Å². The zero-order valence-corrected chi connectivity index (χ0v) is 22.7. The third-order valence-corrected chi connectivity index (χ3v) is 7.69. The van der Waals surface area contributed by atoms with Crippen LogP contribution in [0.5, 0.6) is 5.75 Å². The summed E-state index contributed by atoms with van der Waals surface area (Å²) in [4.78, 5) is 17.7. The van der Waals surface area contributed by atoms with Crippen LogP contribution in [0.1, 0.15) is 72.0 Å². The molecule has 5 rings (SSSR count). The highest BCUT2D eigenvalue weighted by atomic mass is 19.4. The van der Waals surface area contributed by atoms with Gasteiger partial charge in [0.25, 0.3) is 12.0 Å². The summed E-state index contributed by atoms with van der Waals surface area (Å²) in [6.07, 6.45) is -3.25. The van der Waals surface area contributed by atoms with Crippen molar-refractivity contribution in [2.75, 3.05) is 0 Å². The van der Waals surface area contributed by atoms with Crippen molar-refractivity contribution in [3.8, 4) is 17.0 Å². The van der Waals surface area contributed by atoms with Gasteiger partial charge in [-0.05, 0) is 79.8 Å². The highest BCUT2D eigenvalue weighted by Gasteiger charge is 2.33. The van der Waals surface area contributed by atoms with Crippen molar-refractivity contribution in [1.29, 1.82) is 0 Å². The number of halogens is 6. The van der Waals surface area contributed by atoms with Crippen LogP contribution in [0.4, 0.5) is 26.3 Å². The molecule has 1 saturated carbocycles. The Morgan fingerprint density at radius 3 is 2.45 bits per heavy atom. The SMILES string of the molecule is Cc1cccc(F)c1C1CCC(c2cc(-c3cnn(C)c3C(F)F)nn(Cc3ncccc3OC(F)(F)F)c2=O)CC1. The van der Waals surface area contributed by atoms with Gasteiger partial charge in [-0.25, -0.2) is 17.9 Å². The van der Waals surface area contributed by atoms with Crippen molar-refractivity contribution in [3.63, 3.8) is 0 Å². The molecule has 1 aromatic carbocycles. The number of pyridine rings is 1. The number of ether oxygens (including phenoxy) is 1. The van der Waals surface area contributed by atoms with Crippen LogP contribution in [0.25, 0.3) is 11.3 Å². The number of nitrogens with zero attached hydrogens (tertiary/aromatic N) is 5. The van der Waals surface area contributed by atoms with Crippen molar-refractivity contribution in [2.24, 2.45) is 7.05 Å². The lowest BCUT2D eigenvalue weighted by atomic mass is 9.75. The van der Waals surface area contributed by atoms with E-state index in [1.54, 1.807) is 6.07 Å². The molecule has 1 fully saturated rings. The minimum Gasteiger partial charge on any atom is -0.404 e. The van der Waals surface area contributed by atoms with Crippen LogP contribution in [0.15, 0.2) is 53.6 Å². The van der Waals surface area contributed by atoms with E-state index in [2.05, 4.69) is 19.9 Å². The summed E-state index contributed by atoms with van der Waals surface area (Å²) < 4.78 is 87.6. The van der Waals surface area contributed by atoms with Gasteiger partial charge in [0, 0.05) is 24.4 Å². The first-order valence-corrected chi connectivity index (χ1v) is 13.3. The predicted molar refractivity (Wildman–Crippen MR) is 141 cm³/mol. The fraction of sp³-hybridized carbons (Fsp3) is 0.379. The van der Waals surface area contributed by atoms with Crippen LogP contribution in [-0.2, 0) is 13.6 Å². The topological polar surface area (TPSA) is 74.8 Å². The fourth-order valence-corrected chi connectivity index (χ4v) is 5.75. The van der Waals surface area contributed by atoms with E-state index in [-0.39, 0.29) is 40.2 Å². The molecule has 222 valence electrons. The number of alkyl halides is 5. The van der Waals surface area contributed by atoms with Crippen molar-refractivity contribution < 1.29 is 31.1 Å². The summed E-state index contributed by atoms with van der Waals surface area (Å²) >= 11 is 0. The maximum Gasteiger partial charge on any atom is 0.573 e. The molecule has 0 spiro atoms. The van der Waals surface area contributed by atoms with E-state index in [1.807, 2.05) is 13.0 Å². The Morgan fingerprint density at radius 2 is 1.79 bits per heavy atom. The molecule has 3 aromatic heterocycles. The lowest BCUT2D eigenvalue weighted by molar-refractivity contribution is -0.275. The highest BCUT2D eigenvalue weighted by Crippen LogP contribution is 2.42. The third kappa shape index (κ3) is 6.04. The largest absolute Gasteiger partial charge is 0.573 e. The monoisotopic (exact) mass is 591 g/mol. The molecule has 7 nitrogen and oxygen atoms in total. The molecule has 1 aliphatic carbocycles. The van der Waals surface area contributed by atoms with E-state index in [0.29, 0.717) is 31.2 Å². The minimum absolute atomic E-state index is 0.00838. The zero-order valence-electron chi connectivity index (χ0n) is 22.7. The van der Waals surface area contributed by atoms with Crippen LogP contribution >= 0.6 is 0 Å². The first kappa shape index (κ1) is 29.3. The van der Waals surface area contributed by atoms with Gasteiger partial charge in [0.2, 0.25) is 0 Å². The van der Waals surface area contributed by atoms with E-state index < -0.39 is 36.3 Å². The van der Waals surface area contributed by atoms with Crippen molar-refractivity contribution >= 4 is 0 Å². The van der Waals surface area contributed by atoms with Crippen molar-refractivity contribution in [1.82, 2.24) is 24.5 Å². The number of rotatable bonds is 7. The second-order valence-electron chi connectivity index (χ2n) is 10.3. The van der Waals surface area contributed by atoms with E-state index in [4.69, 9.17) is 0 Å². The lowest BCUT2D eigenvalue weighted by Crippen LogP contribution is -2.30. The van der Waals surface area contributed by atoms with Gasteiger partial charge in [-0.15, -0.1) is 13.2 Å².